The molecule has 1 fully saturated rings. The Morgan fingerprint density at radius 3 is 3.19 bits per heavy atom. The van der Waals surface area contributed by atoms with E-state index in [2.05, 4.69) is 4.98 Å². The molecule has 2 aromatic rings. The molecule has 1 aliphatic rings. The molecule has 0 saturated carbocycles. The Bertz CT molecular complexity index is 608. The fourth-order valence-corrected chi connectivity index (χ4v) is 3.31. The molecule has 0 aromatic carbocycles. The van der Waals surface area contributed by atoms with Crippen molar-refractivity contribution in [3.63, 3.8) is 0 Å². The molecular formula is C15H18N2O3S. The van der Waals surface area contributed by atoms with Gasteiger partial charge in [-0.15, -0.1) is 11.3 Å². The lowest BCUT2D eigenvalue weighted by Gasteiger charge is -2.34. The first-order valence-corrected chi connectivity index (χ1v) is 7.95. The summed E-state index contributed by atoms with van der Waals surface area (Å²) in [6.45, 7) is 3.22. The van der Waals surface area contributed by atoms with Crippen molar-refractivity contribution in [2.24, 2.45) is 5.92 Å². The molecule has 21 heavy (non-hydrogen) atoms. The molecule has 0 spiro atoms. The van der Waals surface area contributed by atoms with Gasteiger partial charge in [0.2, 0.25) is 5.91 Å². The quantitative estimate of drug-likeness (QED) is 0.944. The van der Waals surface area contributed by atoms with E-state index in [0.717, 1.165) is 16.5 Å². The average molecular weight is 306 g/mol. The maximum atomic E-state index is 12.3. The van der Waals surface area contributed by atoms with E-state index in [4.69, 9.17) is 4.42 Å². The fourth-order valence-electron chi connectivity index (χ4n) is 2.53. The molecule has 0 radical (unpaired) electrons. The zero-order valence-corrected chi connectivity index (χ0v) is 12.7. The van der Waals surface area contributed by atoms with Gasteiger partial charge in [-0.25, -0.2) is 4.98 Å². The van der Waals surface area contributed by atoms with Crippen LogP contribution in [-0.4, -0.2) is 40.1 Å². The number of carbonyl (C=O) groups is 1. The Labute approximate surface area is 127 Å². The third-order valence-electron chi connectivity index (χ3n) is 3.83. The molecule has 112 valence electrons. The number of thiazole rings is 1. The maximum absolute atomic E-state index is 12.3. The van der Waals surface area contributed by atoms with Crippen LogP contribution in [0.2, 0.25) is 0 Å². The monoisotopic (exact) mass is 306 g/mol. The molecule has 6 heteroatoms. The molecule has 1 N–H and O–H groups in total. The third kappa shape index (κ3) is 3.16. The Hall–Kier alpha value is -1.66. The van der Waals surface area contributed by atoms with Crippen LogP contribution in [0.25, 0.3) is 10.8 Å². The number of aromatic nitrogens is 1. The van der Waals surface area contributed by atoms with Crippen molar-refractivity contribution in [2.45, 2.75) is 25.9 Å². The van der Waals surface area contributed by atoms with Crippen LogP contribution in [0.3, 0.4) is 0 Å². The summed E-state index contributed by atoms with van der Waals surface area (Å²) in [5.74, 6) is 0.940. The molecule has 0 aliphatic carbocycles. The molecule has 5 nitrogen and oxygen atoms in total. The van der Waals surface area contributed by atoms with E-state index < -0.39 is 0 Å². The Morgan fingerprint density at radius 2 is 2.48 bits per heavy atom. The van der Waals surface area contributed by atoms with Crippen molar-refractivity contribution in [1.82, 2.24) is 9.88 Å². The predicted octanol–water partition coefficient (Wildman–Crippen LogP) is 2.17. The highest BCUT2D eigenvalue weighted by atomic mass is 32.1. The summed E-state index contributed by atoms with van der Waals surface area (Å²) in [5, 5.41) is 12.4. The lowest BCUT2D eigenvalue weighted by atomic mass is 9.96. The third-order valence-corrected chi connectivity index (χ3v) is 4.73. The zero-order valence-electron chi connectivity index (χ0n) is 11.9. The molecule has 2 unspecified atom stereocenters. The van der Waals surface area contributed by atoms with E-state index in [1.54, 1.807) is 6.26 Å². The van der Waals surface area contributed by atoms with Gasteiger partial charge in [-0.3, -0.25) is 4.79 Å². The highest BCUT2D eigenvalue weighted by Gasteiger charge is 2.27. The topological polar surface area (TPSA) is 66.6 Å². The van der Waals surface area contributed by atoms with Crippen molar-refractivity contribution in [2.75, 3.05) is 13.1 Å². The number of furan rings is 1. The van der Waals surface area contributed by atoms with Crippen molar-refractivity contribution in [1.29, 1.82) is 0 Å². The van der Waals surface area contributed by atoms with Crippen molar-refractivity contribution in [3.8, 4) is 10.8 Å². The second-order valence-corrected chi connectivity index (χ2v) is 6.33. The summed E-state index contributed by atoms with van der Waals surface area (Å²) in [6, 6.07) is 3.68. The Balaban J connectivity index is 1.63. The van der Waals surface area contributed by atoms with Crippen LogP contribution in [0.5, 0.6) is 0 Å². The summed E-state index contributed by atoms with van der Waals surface area (Å²) in [6.07, 6.45) is 2.28. The first-order chi connectivity index (χ1) is 10.1. The van der Waals surface area contributed by atoms with Gasteiger partial charge in [0.25, 0.3) is 0 Å². The van der Waals surface area contributed by atoms with Gasteiger partial charge in [0, 0.05) is 18.5 Å². The summed E-state index contributed by atoms with van der Waals surface area (Å²) in [5.41, 5.74) is 0.773. The van der Waals surface area contributed by atoms with Crippen molar-refractivity contribution < 1.29 is 14.3 Å². The summed E-state index contributed by atoms with van der Waals surface area (Å²) in [4.78, 5) is 18.6. The number of carbonyl (C=O) groups excluding carboxylic acids is 1. The van der Waals surface area contributed by atoms with Gasteiger partial charge in [-0.1, -0.05) is 6.92 Å². The molecule has 3 rings (SSSR count). The number of hydrogen-bond donors (Lipinski definition) is 1. The predicted molar refractivity (Wildman–Crippen MR) is 79.9 cm³/mol. The molecular weight excluding hydrogens is 288 g/mol. The number of amides is 1. The first kappa shape index (κ1) is 14.3. The van der Waals surface area contributed by atoms with Crippen LogP contribution >= 0.6 is 11.3 Å². The normalized spacial score (nSPS) is 22.5. The second kappa shape index (κ2) is 5.99. The highest BCUT2D eigenvalue weighted by Crippen LogP contribution is 2.24. The van der Waals surface area contributed by atoms with Gasteiger partial charge in [0.15, 0.2) is 10.8 Å². The number of aliphatic hydroxyl groups excluding tert-OH is 1. The number of nitrogens with zero attached hydrogens (tertiary/aromatic N) is 2. The van der Waals surface area contributed by atoms with Crippen LogP contribution < -0.4 is 0 Å². The van der Waals surface area contributed by atoms with Gasteiger partial charge in [0.05, 0.1) is 24.5 Å². The summed E-state index contributed by atoms with van der Waals surface area (Å²) in [7, 11) is 0. The summed E-state index contributed by atoms with van der Waals surface area (Å²) < 4.78 is 5.30. The number of hydrogen-bond acceptors (Lipinski definition) is 5. The largest absolute Gasteiger partial charge is 0.462 e. The maximum Gasteiger partial charge on any atom is 0.228 e. The lowest BCUT2D eigenvalue weighted by molar-refractivity contribution is -0.134. The van der Waals surface area contributed by atoms with E-state index in [1.807, 2.05) is 29.3 Å². The van der Waals surface area contributed by atoms with E-state index in [-0.39, 0.29) is 17.9 Å². The second-order valence-electron chi connectivity index (χ2n) is 5.47. The van der Waals surface area contributed by atoms with Gasteiger partial charge < -0.3 is 14.4 Å². The first-order valence-electron chi connectivity index (χ1n) is 7.07. The summed E-state index contributed by atoms with van der Waals surface area (Å²) >= 11 is 1.48. The van der Waals surface area contributed by atoms with Crippen LogP contribution in [0.4, 0.5) is 0 Å². The minimum absolute atomic E-state index is 0.0741. The van der Waals surface area contributed by atoms with Gasteiger partial charge in [-0.05, 0) is 24.5 Å². The van der Waals surface area contributed by atoms with Gasteiger partial charge >= 0.3 is 0 Å². The number of rotatable bonds is 3. The lowest BCUT2D eigenvalue weighted by Crippen LogP contribution is -2.45. The average Bonchev–Trinajstić information content (AvgIpc) is 3.12. The standard InChI is InChI=1S/C15H18N2O3S/c1-10-8-17(5-4-12(10)18)14(19)7-11-9-21-15(16-11)13-3-2-6-20-13/h2-3,6,9-10,12,18H,4-5,7-8H2,1H3. The van der Waals surface area contributed by atoms with Crippen LogP contribution in [0.15, 0.2) is 28.2 Å². The van der Waals surface area contributed by atoms with Crippen molar-refractivity contribution in [3.05, 3.63) is 29.5 Å². The van der Waals surface area contributed by atoms with Gasteiger partial charge in [0.1, 0.15) is 0 Å². The molecule has 1 amide bonds. The molecule has 0 bridgehead atoms. The Kier molecular flexibility index (Phi) is 4.07. The molecule has 3 heterocycles. The van der Waals surface area contributed by atoms with E-state index in [0.29, 0.717) is 25.9 Å². The van der Waals surface area contributed by atoms with E-state index in [9.17, 15) is 9.90 Å². The number of aliphatic hydroxyl groups is 1. The van der Waals surface area contributed by atoms with E-state index in [1.165, 1.54) is 11.3 Å². The van der Waals surface area contributed by atoms with E-state index >= 15 is 0 Å². The van der Waals surface area contributed by atoms with Crippen LogP contribution in [0, 0.1) is 5.92 Å². The number of likely N-dealkylation sites (tertiary alicyclic amines) is 1. The molecule has 2 atom stereocenters. The SMILES string of the molecule is CC1CN(C(=O)Cc2csc(-c3ccco3)n2)CCC1O. The smallest absolute Gasteiger partial charge is 0.228 e. The fraction of sp³-hybridized carbons (Fsp3) is 0.467. The number of piperidine rings is 1. The Morgan fingerprint density at radius 1 is 1.62 bits per heavy atom. The van der Waals surface area contributed by atoms with Crippen LogP contribution in [-0.2, 0) is 11.2 Å². The molecule has 2 aromatic heterocycles. The van der Waals surface area contributed by atoms with Crippen LogP contribution in [0.1, 0.15) is 19.0 Å². The highest BCUT2D eigenvalue weighted by molar-refractivity contribution is 7.13. The molecule has 1 saturated heterocycles. The minimum Gasteiger partial charge on any atom is -0.462 e. The van der Waals surface area contributed by atoms with Gasteiger partial charge in [-0.2, -0.15) is 0 Å². The van der Waals surface area contributed by atoms with Crippen molar-refractivity contribution >= 4 is 17.2 Å². The minimum atomic E-state index is -0.293. The zero-order chi connectivity index (χ0) is 14.8. The molecule has 1 aliphatic heterocycles.